The summed E-state index contributed by atoms with van der Waals surface area (Å²) in [4.78, 5) is 0. The number of hydrogen-bond donors (Lipinski definition) is 1. The highest BCUT2D eigenvalue weighted by atomic mass is 16.5. The van der Waals surface area contributed by atoms with Crippen molar-refractivity contribution in [2.75, 3.05) is 7.11 Å². The Morgan fingerprint density at radius 1 is 1.21 bits per heavy atom. The van der Waals surface area contributed by atoms with Crippen LogP contribution in [0.15, 0.2) is 24.3 Å². The number of nitrogens with one attached hydrogen (secondary N) is 1. The summed E-state index contributed by atoms with van der Waals surface area (Å²) >= 11 is 0. The van der Waals surface area contributed by atoms with E-state index in [0.29, 0.717) is 6.04 Å². The van der Waals surface area contributed by atoms with Crippen molar-refractivity contribution in [1.82, 2.24) is 5.32 Å². The minimum atomic E-state index is 0.509. The Kier molecular flexibility index (Phi) is 4.87. The summed E-state index contributed by atoms with van der Waals surface area (Å²) in [7, 11) is 1.75. The highest BCUT2D eigenvalue weighted by Gasteiger charge is 2.31. The van der Waals surface area contributed by atoms with Crippen LogP contribution >= 0.6 is 0 Å². The maximum absolute atomic E-state index is 5.41. The van der Waals surface area contributed by atoms with Crippen LogP contribution in [0.3, 0.4) is 0 Å². The lowest BCUT2D eigenvalue weighted by Gasteiger charge is -2.40. The normalized spacial score (nSPS) is 24.1. The van der Waals surface area contributed by atoms with Crippen molar-refractivity contribution in [2.24, 2.45) is 11.8 Å². The van der Waals surface area contributed by atoms with Crippen LogP contribution < -0.4 is 10.1 Å². The number of methoxy groups -OCH3 is 1. The molecule has 0 bridgehead atoms. The minimum Gasteiger partial charge on any atom is -0.496 e. The zero-order chi connectivity index (χ0) is 13.8. The molecule has 1 aromatic rings. The zero-order valence-corrected chi connectivity index (χ0v) is 12.6. The first-order chi connectivity index (χ1) is 9.10. The Hall–Kier alpha value is -1.02. The molecule has 1 aliphatic rings. The maximum Gasteiger partial charge on any atom is 0.122 e. The van der Waals surface area contributed by atoms with Gasteiger partial charge in [-0.2, -0.15) is 0 Å². The highest BCUT2D eigenvalue weighted by molar-refractivity contribution is 5.33. The summed E-state index contributed by atoms with van der Waals surface area (Å²) in [5.41, 5.74) is 1.30. The second kappa shape index (κ2) is 6.42. The van der Waals surface area contributed by atoms with Gasteiger partial charge in [0, 0.05) is 12.1 Å². The molecule has 1 N–H and O–H groups in total. The Morgan fingerprint density at radius 3 is 2.53 bits per heavy atom. The molecule has 1 aliphatic carbocycles. The fraction of sp³-hybridized carbons (Fsp3) is 0.647. The summed E-state index contributed by atoms with van der Waals surface area (Å²) in [5.74, 6) is 2.77. The number of para-hydroxylation sites is 1. The van der Waals surface area contributed by atoms with Gasteiger partial charge in [-0.1, -0.05) is 32.0 Å². The van der Waals surface area contributed by atoms with Gasteiger partial charge in [0.25, 0.3) is 0 Å². The molecular weight excluding hydrogens is 234 g/mol. The van der Waals surface area contributed by atoms with E-state index in [-0.39, 0.29) is 0 Å². The third-order valence-corrected chi connectivity index (χ3v) is 4.36. The first-order valence-corrected chi connectivity index (χ1v) is 7.48. The number of rotatable bonds is 6. The lowest BCUT2D eigenvalue weighted by Crippen LogP contribution is -2.47. The van der Waals surface area contributed by atoms with Gasteiger partial charge in [-0.05, 0) is 49.7 Å². The van der Waals surface area contributed by atoms with Gasteiger partial charge in [-0.3, -0.25) is 0 Å². The smallest absolute Gasteiger partial charge is 0.122 e. The Balaban J connectivity index is 1.80. The number of hydrogen-bond acceptors (Lipinski definition) is 2. The molecule has 1 aromatic carbocycles. The van der Waals surface area contributed by atoms with Crippen LogP contribution in [0.4, 0.5) is 0 Å². The van der Waals surface area contributed by atoms with Gasteiger partial charge in [0.05, 0.1) is 7.11 Å². The molecule has 106 valence electrons. The van der Waals surface area contributed by atoms with Crippen LogP contribution in [0.25, 0.3) is 0 Å². The second-order valence-corrected chi connectivity index (χ2v) is 6.26. The van der Waals surface area contributed by atoms with Gasteiger partial charge in [0.1, 0.15) is 5.75 Å². The molecule has 1 fully saturated rings. The van der Waals surface area contributed by atoms with Gasteiger partial charge < -0.3 is 10.1 Å². The van der Waals surface area contributed by atoms with Gasteiger partial charge in [-0.15, -0.1) is 0 Å². The minimum absolute atomic E-state index is 0.509. The highest BCUT2D eigenvalue weighted by Crippen LogP contribution is 2.34. The fourth-order valence-electron chi connectivity index (χ4n) is 3.01. The first-order valence-electron chi connectivity index (χ1n) is 7.48. The molecule has 0 heterocycles. The van der Waals surface area contributed by atoms with E-state index in [9.17, 15) is 0 Å². The third-order valence-electron chi connectivity index (χ3n) is 4.36. The summed E-state index contributed by atoms with van der Waals surface area (Å²) in [5, 5.41) is 3.75. The molecule has 1 saturated carbocycles. The van der Waals surface area contributed by atoms with Gasteiger partial charge in [0.15, 0.2) is 0 Å². The van der Waals surface area contributed by atoms with Crippen molar-refractivity contribution in [3.63, 3.8) is 0 Å². The summed E-state index contributed by atoms with van der Waals surface area (Å²) in [6, 6.07) is 9.54. The van der Waals surface area contributed by atoms with Crippen molar-refractivity contribution >= 4 is 0 Å². The predicted molar refractivity (Wildman–Crippen MR) is 80.6 cm³/mol. The average molecular weight is 261 g/mol. The lowest BCUT2D eigenvalue weighted by atomic mass is 9.73. The van der Waals surface area contributed by atoms with Crippen molar-refractivity contribution in [1.29, 1.82) is 0 Å². The van der Waals surface area contributed by atoms with Crippen molar-refractivity contribution in [2.45, 2.75) is 52.1 Å². The van der Waals surface area contributed by atoms with Crippen molar-refractivity contribution in [3.8, 4) is 5.75 Å². The SMILES string of the molecule is COc1ccccc1CC(C)NC1CC(C(C)C)C1. The molecule has 1 unspecified atom stereocenters. The molecule has 0 saturated heterocycles. The standard InChI is InChI=1S/C17H27NO/c1-12(2)15-10-16(11-15)18-13(3)9-14-7-5-6-8-17(14)19-4/h5-8,12-13,15-16,18H,9-11H2,1-4H3. The number of benzene rings is 1. The molecule has 2 nitrogen and oxygen atoms in total. The van der Waals surface area contributed by atoms with E-state index in [1.165, 1.54) is 18.4 Å². The molecule has 0 amide bonds. The van der Waals surface area contributed by atoms with Crippen molar-refractivity contribution in [3.05, 3.63) is 29.8 Å². The molecule has 1 atom stereocenters. The van der Waals surface area contributed by atoms with Crippen molar-refractivity contribution < 1.29 is 4.74 Å². The van der Waals surface area contributed by atoms with Gasteiger partial charge in [-0.25, -0.2) is 0 Å². The van der Waals surface area contributed by atoms with E-state index in [1.54, 1.807) is 7.11 Å². The van der Waals surface area contributed by atoms with E-state index in [2.05, 4.69) is 38.2 Å². The molecule has 2 rings (SSSR count). The molecule has 2 heteroatoms. The van der Waals surface area contributed by atoms with Crippen LogP contribution in [-0.4, -0.2) is 19.2 Å². The molecule has 0 aromatic heterocycles. The van der Waals surface area contributed by atoms with E-state index in [1.807, 2.05) is 12.1 Å². The zero-order valence-electron chi connectivity index (χ0n) is 12.6. The van der Waals surface area contributed by atoms with Gasteiger partial charge >= 0.3 is 0 Å². The Labute approximate surface area is 117 Å². The quantitative estimate of drug-likeness (QED) is 0.844. The molecule has 0 radical (unpaired) electrons. The van der Waals surface area contributed by atoms with Gasteiger partial charge in [0.2, 0.25) is 0 Å². The van der Waals surface area contributed by atoms with Crippen LogP contribution in [0.5, 0.6) is 5.75 Å². The van der Waals surface area contributed by atoms with Crippen LogP contribution in [0.2, 0.25) is 0 Å². The molecule has 19 heavy (non-hydrogen) atoms. The van der Waals surface area contributed by atoms with E-state index < -0.39 is 0 Å². The van der Waals surface area contributed by atoms with E-state index >= 15 is 0 Å². The Bertz CT molecular complexity index is 396. The summed E-state index contributed by atoms with van der Waals surface area (Å²) in [6.07, 6.45) is 3.72. The Morgan fingerprint density at radius 2 is 1.89 bits per heavy atom. The fourth-order valence-corrected chi connectivity index (χ4v) is 3.01. The maximum atomic E-state index is 5.41. The second-order valence-electron chi connectivity index (χ2n) is 6.26. The van der Waals surface area contributed by atoms with Crippen LogP contribution in [0, 0.1) is 11.8 Å². The number of ether oxygens (including phenoxy) is 1. The predicted octanol–water partition coefficient (Wildman–Crippen LogP) is 3.65. The molecule has 0 aliphatic heterocycles. The van der Waals surface area contributed by atoms with Crippen LogP contribution in [-0.2, 0) is 6.42 Å². The summed E-state index contributed by atoms with van der Waals surface area (Å²) in [6.45, 7) is 6.94. The lowest BCUT2D eigenvalue weighted by molar-refractivity contribution is 0.159. The monoisotopic (exact) mass is 261 g/mol. The molecule has 0 spiro atoms. The van der Waals surface area contributed by atoms with E-state index in [0.717, 1.165) is 30.0 Å². The largest absolute Gasteiger partial charge is 0.496 e. The van der Waals surface area contributed by atoms with E-state index in [4.69, 9.17) is 4.74 Å². The topological polar surface area (TPSA) is 21.3 Å². The first kappa shape index (κ1) is 14.4. The third kappa shape index (κ3) is 3.73. The van der Waals surface area contributed by atoms with Crippen LogP contribution in [0.1, 0.15) is 39.2 Å². The summed E-state index contributed by atoms with van der Waals surface area (Å²) < 4.78 is 5.41. The molecular formula is C17H27NO. The average Bonchev–Trinajstić information content (AvgIpc) is 2.33.